The maximum absolute atomic E-state index is 12.4. The molecule has 132 valence electrons. The lowest BCUT2D eigenvalue weighted by Gasteiger charge is -2.08. The fourth-order valence-corrected chi connectivity index (χ4v) is 2.91. The number of rotatable bonds is 6. The number of nitrogens with one attached hydrogen (secondary N) is 2. The number of hydrogen-bond donors (Lipinski definition) is 2. The monoisotopic (exact) mass is 367 g/mol. The number of thiophene rings is 1. The molecular weight excluding hydrogens is 350 g/mol. The molecule has 3 aromatic rings. The molecule has 7 heteroatoms. The molecule has 2 N–H and O–H groups in total. The van der Waals surface area contributed by atoms with Gasteiger partial charge in [0, 0.05) is 30.1 Å². The second-order valence-corrected chi connectivity index (χ2v) is 6.35. The summed E-state index contributed by atoms with van der Waals surface area (Å²) in [5.41, 5.74) is 1.92. The standard InChI is InChI=1S/C19H17N3O3S/c1-25-17-10-13(7-8-20-17)12-21-18(23)14-4-2-5-15(11-14)22-19(24)16-6-3-9-26-16/h2-11H,12H2,1H3,(H,21,23)(H,22,24). The molecule has 0 radical (unpaired) electrons. The summed E-state index contributed by atoms with van der Waals surface area (Å²) in [5, 5.41) is 7.48. The van der Waals surface area contributed by atoms with Crippen LogP contribution in [0.5, 0.6) is 5.88 Å². The van der Waals surface area contributed by atoms with Crippen molar-refractivity contribution in [2.45, 2.75) is 6.54 Å². The Morgan fingerprint density at radius 1 is 1.12 bits per heavy atom. The molecule has 26 heavy (non-hydrogen) atoms. The number of carbonyl (C=O) groups is 2. The van der Waals surface area contributed by atoms with Crippen LogP contribution in [0.3, 0.4) is 0 Å². The van der Waals surface area contributed by atoms with Gasteiger partial charge >= 0.3 is 0 Å². The summed E-state index contributed by atoms with van der Waals surface area (Å²) in [6, 6.07) is 14.0. The van der Waals surface area contributed by atoms with Crippen molar-refractivity contribution >= 4 is 28.8 Å². The molecule has 0 spiro atoms. The Morgan fingerprint density at radius 2 is 2.00 bits per heavy atom. The van der Waals surface area contributed by atoms with Gasteiger partial charge in [-0.1, -0.05) is 12.1 Å². The Hall–Kier alpha value is -3.19. The van der Waals surface area contributed by atoms with Gasteiger partial charge < -0.3 is 15.4 Å². The number of benzene rings is 1. The molecule has 0 aliphatic heterocycles. The number of hydrogen-bond acceptors (Lipinski definition) is 5. The van der Waals surface area contributed by atoms with Gasteiger partial charge in [-0.05, 0) is 41.3 Å². The average molecular weight is 367 g/mol. The fraction of sp³-hybridized carbons (Fsp3) is 0.105. The van der Waals surface area contributed by atoms with Gasteiger partial charge in [-0.15, -0.1) is 11.3 Å². The van der Waals surface area contributed by atoms with Crippen LogP contribution in [0.15, 0.2) is 60.1 Å². The summed E-state index contributed by atoms with van der Waals surface area (Å²) in [5.74, 6) is 0.0736. The number of nitrogens with zero attached hydrogens (tertiary/aromatic N) is 1. The van der Waals surface area contributed by atoms with Gasteiger partial charge in [-0.25, -0.2) is 4.98 Å². The molecule has 0 unspecified atom stereocenters. The number of aromatic nitrogens is 1. The summed E-state index contributed by atoms with van der Waals surface area (Å²) < 4.78 is 5.07. The Kier molecular flexibility index (Phi) is 5.60. The van der Waals surface area contributed by atoms with Gasteiger partial charge in [-0.3, -0.25) is 9.59 Å². The molecule has 0 saturated carbocycles. The minimum absolute atomic E-state index is 0.193. The lowest BCUT2D eigenvalue weighted by molar-refractivity contribution is 0.0949. The van der Waals surface area contributed by atoms with E-state index < -0.39 is 0 Å². The Bertz CT molecular complexity index is 910. The molecule has 3 rings (SSSR count). The van der Waals surface area contributed by atoms with E-state index in [4.69, 9.17) is 4.74 Å². The van der Waals surface area contributed by atoms with Crippen molar-refractivity contribution in [2.75, 3.05) is 12.4 Å². The van der Waals surface area contributed by atoms with Gasteiger partial charge in [0.15, 0.2) is 0 Å². The Balaban J connectivity index is 1.63. The predicted octanol–water partition coefficient (Wildman–Crippen LogP) is 3.33. The lowest BCUT2D eigenvalue weighted by atomic mass is 10.1. The highest BCUT2D eigenvalue weighted by Gasteiger charge is 2.10. The van der Waals surface area contributed by atoms with Crippen molar-refractivity contribution in [1.29, 1.82) is 0 Å². The zero-order chi connectivity index (χ0) is 18.4. The first-order valence-corrected chi connectivity index (χ1v) is 8.76. The van der Waals surface area contributed by atoms with Gasteiger partial charge in [0.25, 0.3) is 11.8 Å². The van der Waals surface area contributed by atoms with Crippen molar-refractivity contribution in [1.82, 2.24) is 10.3 Å². The second kappa shape index (κ2) is 8.26. The average Bonchev–Trinajstić information content (AvgIpc) is 3.21. The second-order valence-electron chi connectivity index (χ2n) is 5.40. The summed E-state index contributed by atoms with van der Waals surface area (Å²) in [7, 11) is 1.54. The van der Waals surface area contributed by atoms with Gasteiger partial charge in [0.05, 0.1) is 12.0 Å². The largest absolute Gasteiger partial charge is 0.481 e. The molecule has 0 atom stereocenters. The molecule has 1 aromatic carbocycles. The molecule has 2 aromatic heterocycles. The number of methoxy groups -OCH3 is 1. The van der Waals surface area contributed by atoms with E-state index in [0.717, 1.165) is 5.56 Å². The van der Waals surface area contributed by atoms with Crippen LogP contribution in [0.25, 0.3) is 0 Å². The van der Waals surface area contributed by atoms with Crippen molar-refractivity contribution in [2.24, 2.45) is 0 Å². The van der Waals surface area contributed by atoms with E-state index in [0.29, 0.717) is 28.6 Å². The normalized spacial score (nSPS) is 10.2. The lowest BCUT2D eigenvalue weighted by Crippen LogP contribution is -2.23. The molecule has 0 aliphatic rings. The first-order chi connectivity index (χ1) is 12.7. The highest BCUT2D eigenvalue weighted by Crippen LogP contribution is 2.15. The van der Waals surface area contributed by atoms with E-state index >= 15 is 0 Å². The zero-order valence-corrected chi connectivity index (χ0v) is 14.9. The first kappa shape index (κ1) is 17.6. The van der Waals surface area contributed by atoms with Crippen molar-refractivity contribution < 1.29 is 14.3 Å². The number of anilines is 1. The third-order valence-electron chi connectivity index (χ3n) is 3.59. The topological polar surface area (TPSA) is 80.3 Å². The van der Waals surface area contributed by atoms with Crippen LogP contribution < -0.4 is 15.4 Å². The van der Waals surface area contributed by atoms with Crippen LogP contribution in [0.2, 0.25) is 0 Å². The molecule has 0 saturated heterocycles. The highest BCUT2D eigenvalue weighted by molar-refractivity contribution is 7.12. The molecule has 0 fully saturated rings. The highest BCUT2D eigenvalue weighted by atomic mass is 32.1. The SMILES string of the molecule is COc1cc(CNC(=O)c2cccc(NC(=O)c3cccs3)c2)ccn1. The molecule has 0 aliphatic carbocycles. The van der Waals surface area contributed by atoms with Gasteiger partial charge in [0.1, 0.15) is 0 Å². The van der Waals surface area contributed by atoms with Crippen LogP contribution in [-0.2, 0) is 6.54 Å². The van der Waals surface area contributed by atoms with E-state index in [-0.39, 0.29) is 11.8 Å². The third-order valence-corrected chi connectivity index (χ3v) is 4.46. The number of amides is 2. The Morgan fingerprint density at radius 3 is 2.77 bits per heavy atom. The van der Waals surface area contributed by atoms with Crippen LogP contribution in [0, 0.1) is 0 Å². The van der Waals surface area contributed by atoms with E-state index in [9.17, 15) is 9.59 Å². The third kappa shape index (κ3) is 4.46. The van der Waals surface area contributed by atoms with E-state index in [1.807, 2.05) is 11.4 Å². The van der Waals surface area contributed by atoms with Crippen LogP contribution in [0.1, 0.15) is 25.6 Å². The maximum Gasteiger partial charge on any atom is 0.265 e. The predicted molar refractivity (Wildman–Crippen MR) is 101 cm³/mol. The van der Waals surface area contributed by atoms with Crippen LogP contribution in [0.4, 0.5) is 5.69 Å². The minimum Gasteiger partial charge on any atom is -0.481 e. The van der Waals surface area contributed by atoms with Crippen LogP contribution >= 0.6 is 11.3 Å². The first-order valence-electron chi connectivity index (χ1n) is 7.88. The number of carbonyl (C=O) groups excluding carboxylic acids is 2. The molecule has 2 heterocycles. The molecule has 6 nitrogen and oxygen atoms in total. The fourth-order valence-electron chi connectivity index (χ4n) is 2.30. The summed E-state index contributed by atoms with van der Waals surface area (Å²) >= 11 is 1.36. The van der Waals surface area contributed by atoms with Crippen LogP contribution in [-0.4, -0.2) is 23.9 Å². The summed E-state index contributed by atoms with van der Waals surface area (Å²) in [6.07, 6.45) is 1.63. The molecule has 0 bridgehead atoms. The van der Waals surface area contributed by atoms with E-state index in [1.54, 1.807) is 55.8 Å². The van der Waals surface area contributed by atoms with Gasteiger partial charge in [-0.2, -0.15) is 0 Å². The van der Waals surface area contributed by atoms with Crippen molar-refractivity contribution in [3.8, 4) is 5.88 Å². The van der Waals surface area contributed by atoms with E-state index in [2.05, 4.69) is 15.6 Å². The Labute approximate surface area is 154 Å². The number of pyridine rings is 1. The summed E-state index contributed by atoms with van der Waals surface area (Å²) in [4.78, 5) is 29.1. The quantitative estimate of drug-likeness (QED) is 0.700. The smallest absolute Gasteiger partial charge is 0.265 e. The molecular formula is C19H17N3O3S. The zero-order valence-electron chi connectivity index (χ0n) is 14.1. The number of ether oxygens (including phenoxy) is 1. The maximum atomic E-state index is 12.4. The van der Waals surface area contributed by atoms with Crippen molar-refractivity contribution in [3.63, 3.8) is 0 Å². The summed E-state index contributed by atoms with van der Waals surface area (Å²) in [6.45, 7) is 0.351. The minimum atomic E-state index is -0.229. The van der Waals surface area contributed by atoms with Gasteiger partial charge in [0.2, 0.25) is 5.88 Å². The van der Waals surface area contributed by atoms with Crippen molar-refractivity contribution in [3.05, 3.63) is 76.1 Å². The van der Waals surface area contributed by atoms with E-state index in [1.165, 1.54) is 11.3 Å². The molecule has 2 amide bonds.